The number of hydrogen-bond acceptors (Lipinski definition) is 4. The Morgan fingerprint density at radius 2 is 2.33 bits per heavy atom. The van der Waals surface area contributed by atoms with Gasteiger partial charge in [-0.25, -0.2) is 0 Å². The highest BCUT2D eigenvalue weighted by molar-refractivity contribution is 5.76. The van der Waals surface area contributed by atoms with Gasteiger partial charge < -0.3 is 15.3 Å². The van der Waals surface area contributed by atoms with Crippen molar-refractivity contribution in [1.29, 1.82) is 0 Å². The predicted octanol–water partition coefficient (Wildman–Crippen LogP) is 1.14. The first kappa shape index (κ1) is 9.56. The molecule has 3 N–H and O–H groups in total. The molecule has 0 aliphatic rings. The van der Waals surface area contributed by atoms with Crippen LogP contribution < -0.4 is 5.73 Å². The van der Waals surface area contributed by atoms with Crippen LogP contribution in [-0.4, -0.2) is 16.7 Å². The smallest absolute Gasteiger partial charge is 0.292 e. The van der Waals surface area contributed by atoms with E-state index in [1.807, 2.05) is 6.07 Å². The molecule has 4 heteroatoms. The van der Waals surface area contributed by atoms with Crippen molar-refractivity contribution in [3.8, 4) is 11.8 Å². The fourth-order valence-electron chi connectivity index (χ4n) is 1.24. The van der Waals surface area contributed by atoms with Crippen LogP contribution in [0, 0.1) is 11.8 Å². The third-order valence-electron chi connectivity index (χ3n) is 1.87. The Balaban J connectivity index is 2.35. The van der Waals surface area contributed by atoms with Crippen molar-refractivity contribution in [2.24, 2.45) is 0 Å². The van der Waals surface area contributed by atoms with Gasteiger partial charge in [0.2, 0.25) is 0 Å². The van der Waals surface area contributed by atoms with E-state index in [9.17, 15) is 0 Å². The summed E-state index contributed by atoms with van der Waals surface area (Å²) in [6, 6.07) is 5.57. The Morgan fingerprint density at radius 3 is 3.13 bits per heavy atom. The monoisotopic (exact) mass is 202 g/mol. The van der Waals surface area contributed by atoms with Crippen LogP contribution in [0.5, 0.6) is 0 Å². The van der Waals surface area contributed by atoms with Crippen molar-refractivity contribution in [2.45, 2.75) is 6.42 Å². The van der Waals surface area contributed by atoms with Crippen LogP contribution in [0.1, 0.15) is 12.0 Å². The number of anilines is 1. The molecular formula is C11H10N2O2. The zero-order valence-electron chi connectivity index (χ0n) is 8.03. The summed E-state index contributed by atoms with van der Waals surface area (Å²) in [5, 5.41) is 8.57. The molecule has 15 heavy (non-hydrogen) atoms. The summed E-state index contributed by atoms with van der Waals surface area (Å²) in [5.41, 5.74) is 7.60. The normalized spacial score (nSPS) is 9.93. The zero-order chi connectivity index (χ0) is 10.7. The van der Waals surface area contributed by atoms with Crippen LogP contribution in [-0.2, 0) is 0 Å². The number of aromatic nitrogens is 1. The number of benzene rings is 1. The van der Waals surface area contributed by atoms with Crippen molar-refractivity contribution in [2.75, 3.05) is 12.3 Å². The second-order valence-electron chi connectivity index (χ2n) is 3.01. The predicted molar refractivity (Wildman–Crippen MR) is 57.0 cm³/mol. The van der Waals surface area contributed by atoms with E-state index in [1.54, 1.807) is 12.1 Å². The number of nitrogens with two attached hydrogens (primary N) is 1. The highest BCUT2D eigenvalue weighted by Gasteiger charge is 2.01. The minimum Gasteiger partial charge on any atom is -0.424 e. The van der Waals surface area contributed by atoms with Gasteiger partial charge in [0.25, 0.3) is 6.01 Å². The Kier molecular flexibility index (Phi) is 2.57. The van der Waals surface area contributed by atoms with Crippen LogP contribution in [0.3, 0.4) is 0 Å². The molecule has 0 saturated carbocycles. The number of fused-ring (bicyclic) bond motifs is 1. The van der Waals surface area contributed by atoms with Gasteiger partial charge in [-0.2, -0.15) is 4.98 Å². The maximum absolute atomic E-state index is 8.57. The van der Waals surface area contributed by atoms with Crippen LogP contribution in [0.2, 0.25) is 0 Å². The van der Waals surface area contributed by atoms with Gasteiger partial charge in [-0.3, -0.25) is 0 Å². The lowest BCUT2D eigenvalue weighted by atomic mass is 10.2. The molecule has 1 aromatic carbocycles. The van der Waals surface area contributed by atoms with Crippen molar-refractivity contribution in [3.05, 3.63) is 23.8 Å². The van der Waals surface area contributed by atoms with Crippen molar-refractivity contribution in [1.82, 2.24) is 4.98 Å². The first-order chi connectivity index (χ1) is 7.29. The summed E-state index contributed by atoms with van der Waals surface area (Å²) in [6.45, 7) is 0.0755. The van der Waals surface area contributed by atoms with Gasteiger partial charge in [0.15, 0.2) is 5.58 Å². The Labute approximate surface area is 86.7 Å². The maximum atomic E-state index is 8.57. The number of nitrogen functional groups attached to an aromatic ring is 1. The average Bonchev–Trinajstić information content (AvgIpc) is 2.57. The first-order valence-electron chi connectivity index (χ1n) is 4.55. The number of aliphatic hydroxyl groups excluding tert-OH is 1. The quantitative estimate of drug-likeness (QED) is 0.680. The lowest BCUT2D eigenvalue weighted by Gasteiger charge is -1.88. The topological polar surface area (TPSA) is 72.3 Å². The number of rotatable bonds is 1. The van der Waals surface area contributed by atoms with Crippen molar-refractivity contribution in [3.63, 3.8) is 0 Å². The molecule has 0 spiro atoms. The van der Waals surface area contributed by atoms with E-state index in [0.29, 0.717) is 17.5 Å². The molecule has 0 amide bonds. The van der Waals surface area contributed by atoms with E-state index in [4.69, 9.17) is 15.3 Å². The Bertz CT molecular complexity index is 534. The molecule has 76 valence electrons. The summed E-state index contributed by atoms with van der Waals surface area (Å²) in [7, 11) is 0. The molecule has 0 aliphatic heterocycles. The van der Waals surface area contributed by atoms with Gasteiger partial charge in [0.05, 0.1) is 6.61 Å². The zero-order valence-corrected chi connectivity index (χ0v) is 8.03. The Hall–Kier alpha value is -1.99. The molecular weight excluding hydrogens is 192 g/mol. The molecule has 1 heterocycles. The molecule has 2 rings (SSSR count). The van der Waals surface area contributed by atoms with Crippen LogP contribution in [0.15, 0.2) is 22.6 Å². The molecule has 0 bridgehead atoms. The van der Waals surface area contributed by atoms with Crippen LogP contribution >= 0.6 is 0 Å². The summed E-state index contributed by atoms with van der Waals surface area (Å²) >= 11 is 0. The summed E-state index contributed by atoms with van der Waals surface area (Å²) in [5.74, 6) is 5.75. The molecule has 2 aromatic rings. The SMILES string of the molecule is Nc1nc2cc(C#CCCO)ccc2o1. The van der Waals surface area contributed by atoms with E-state index >= 15 is 0 Å². The van der Waals surface area contributed by atoms with E-state index < -0.39 is 0 Å². The van der Waals surface area contributed by atoms with E-state index in [0.717, 1.165) is 5.56 Å². The molecule has 0 unspecified atom stereocenters. The third-order valence-corrected chi connectivity index (χ3v) is 1.87. The molecule has 4 nitrogen and oxygen atoms in total. The third kappa shape index (κ3) is 2.09. The largest absolute Gasteiger partial charge is 0.424 e. The van der Waals surface area contributed by atoms with Gasteiger partial charge in [-0.1, -0.05) is 11.8 Å². The van der Waals surface area contributed by atoms with Gasteiger partial charge in [0.1, 0.15) is 5.52 Å². The van der Waals surface area contributed by atoms with Crippen molar-refractivity contribution < 1.29 is 9.52 Å². The van der Waals surface area contributed by atoms with E-state index in [-0.39, 0.29) is 12.6 Å². The van der Waals surface area contributed by atoms with Gasteiger partial charge in [-0.15, -0.1) is 0 Å². The van der Waals surface area contributed by atoms with Crippen LogP contribution in [0.25, 0.3) is 11.1 Å². The standard InChI is InChI=1S/C11H10N2O2/c12-11-13-9-7-8(3-1-2-6-14)4-5-10(9)15-11/h4-5,7,14H,2,6H2,(H2,12,13). The highest BCUT2D eigenvalue weighted by Crippen LogP contribution is 2.17. The molecule has 0 radical (unpaired) electrons. The summed E-state index contributed by atoms with van der Waals surface area (Å²) in [6.07, 6.45) is 0.471. The number of aliphatic hydroxyl groups is 1. The van der Waals surface area contributed by atoms with E-state index in [2.05, 4.69) is 16.8 Å². The second kappa shape index (κ2) is 4.03. The molecule has 0 atom stereocenters. The minimum absolute atomic E-state index is 0.0755. The number of nitrogens with zero attached hydrogens (tertiary/aromatic N) is 1. The van der Waals surface area contributed by atoms with Gasteiger partial charge >= 0.3 is 0 Å². The fourth-order valence-corrected chi connectivity index (χ4v) is 1.24. The molecule has 1 aromatic heterocycles. The van der Waals surface area contributed by atoms with Crippen LogP contribution in [0.4, 0.5) is 6.01 Å². The summed E-state index contributed by atoms with van der Waals surface area (Å²) in [4.78, 5) is 4.00. The van der Waals surface area contributed by atoms with E-state index in [1.165, 1.54) is 0 Å². The maximum Gasteiger partial charge on any atom is 0.292 e. The fraction of sp³-hybridized carbons (Fsp3) is 0.182. The number of hydrogen-bond donors (Lipinski definition) is 2. The second-order valence-corrected chi connectivity index (χ2v) is 3.01. The number of oxazole rings is 1. The van der Waals surface area contributed by atoms with Crippen molar-refractivity contribution >= 4 is 17.1 Å². The average molecular weight is 202 g/mol. The minimum atomic E-state index is 0.0755. The molecule has 0 fully saturated rings. The molecule has 0 saturated heterocycles. The molecule has 0 aliphatic carbocycles. The van der Waals surface area contributed by atoms with Gasteiger partial charge in [-0.05, 0) is 18.2 Å². The lowest BCUT2D eigenvalue weighted by Crippen LogP contribution is -1.81. The highest BCUT2D eigenvalue weighted by atomic mass is 16.4. The summed E-state index contributed by atoms with van der Waals surface area (Å²) < 4.78 is 5.13. The van der Waals surface area contributed by atoms with Gasteiger partial charge in [0, 0.05) is 12.0 Å². The lowest BCUT2D eigenvalue weighted by molar-refractivity contribution is 0.305. The Morgan fingerprint density at radius 1 is 1.47 bits per heavy atom. The first-order valence-corrected chi connectivity index (χ1v) is 4.55.